The minimum Gasteiger partial charge on any atom is -0.497 e. The highest BCUT2D eigenvalue weighted by Crippen LogP contribution is 2.23. The number of carbonyl (C=O) groups is 2. The van der Waals surface area contributed by atoms with Gasteiger partial charge in [-0.1, -0.05) is 24.3 Å². The van der Waals surface area contributed by atoms with Crippen molar-refractivity contribution in [3.63, 3.8) is 0 Å². The van der Waals surface area contributed by atoms with E-state index in [-0.39, 0.29) is 12.4 Å². The van der Waals surface area contributed by atoms with Gasteiger partial charge in [-0.05, 0) is 81.2 Å². The molecule has 0 radical (unpaired) electrons. The molecule has 2 amide bonds. The lowest BCUT2D eigenvalue weighted by Crippen LogP contribution is -2.38. The predicted octanol–water partition coefficient (Wildman–Crippen LogP) is 2.94. The number of nitrogens with one attached hydrogen (secondary N) is 1. The van der Waals surface area contributed by atoms with Gasteiger partial charge in [0.25, 0.3) is 11.8 Å². The fourth-order valence-corrected chi connectivity index (χ4v) is 4.10. The maximum Gasteiger partial charge on any atom is 0.289 e. The van der Waals surface area contributed by atoms with Crippen LogP contribution in [0.25, 0.3) is 0 Å². The normalized spacial score (nSPS) is 13.7. The summed E-state index contributed by atoms with van der Waals surface area (Å²) in [6, 6.07) is 12.2. The van der Waals surface area contributed by atoms with Gasteiger partial charge >= 0.3 is 0 Å². The molecule has 1 aliphatic rings. The molecule has 0 unspecified atom stereocenters. The highest BCUT2D eigenvalue weighted by molar-refractivity contribution is 7.80. The zero-order valence-corrected chi connectivity index (χ0v) is 22.9. The van der Waals surface area contributed by atoms with Gasteiger partial charge in [0.2, 0.25) is 0 Å². The van der Waals surface area contributed by atoms with Gasteiger partial charge in [-0.2, -0.15) is 4.99 Å². The lowest BCUT2D eigenvalue weighted by molar-refractivity contribution is -0.124. The molecule has 0 bridgehead atoms. The highest BCUT2D eigenvalue weighted by Gasteiger charge is 2.16. The number of nitrogens with two attached hydrogens (primary N) is 1. The number of benzene rings is 2. The van der Waals surface area contributed by atoms with E-state index in [2.05, 4.69) is 40.0 Å². The van der Waals surface area contributed by atoms with Gasteiger partial charge in [-0.15, -0.1) is 12.6 Å². The summed E-state index contributed by atoms with van der Waals surface area (Å²) in [4.78, 5) is 32.2. The molecule has 0 aliphatic carbocycles. The number of amides is 2. The molecule has 0 atom stereocenters. The molecule has 9 heteroatoms. The Morgan fingerprint density at radius 2 is 1.75 bits per heavy atom. The zero-order valence-electron chi connectivity index (χ0n) is 22.0. The second-order valence-corrected chi connectivity index (χ2v) is 9.44. The summed E-state index contributed by atoms with van der Waals surface area (Å²) in [5, 5.41) is 2.68. The predicted molar refractivity (Wildman–Crippen MR) is 148 cm³/mol. The number of likely N-dealkylation sites (tertiary alicyclic amines) is 1. The molecule has 0 saturated carbocycles. The monoisotopic (exact) mass is 513 g/mol. The average Bonchev–Trinajstić information content (AvgIpc) is 3.35. The van der Waals surface area contributed by atoms with Gasteiger partial charge in [-0.25, -0.2) is 0 Å². The molecule has 36 heavy (non-hydrogen) atoms. The first-order valence-electron chi connectivity index (χ1n) is 12.1. The molecular formula is C27H39N5O3S. The zero-order chi connectivity index (χ0) is 26.7. The van der Waals surface area contributed by atoms with Crippen LogP contribution in [-0.4, -0.2) is 68.3 Å². The van der Waals surface area contributed by atoms with Crippen molar-refractivity contribution in [2.75, 3.05) is 40.8 Å². The average molecular weight is 514 g/mol. The van der Waals surface area contributed by atoms with Crippen molar-refractivity contribution in [3.05, 3.63) is 58.7 Å². The Labute approximate surface area is 220 Å². The Morgan fingerprint density at radius 3 is 2.33 bits per heavy atom. The van der Waals surface area contributed by atoms with Gasteiger partial charge in [0.1, 0.15) is 5.75 Å². The van der Waals surface area contributed by atoms with Gasteiger partial charge in [0.05, 0.1) is 13.7 Å². The standard InChI is InChI=1S/C18H27N5O2.C9H12OS/c1-20-11-16(24)21-17(19)18(25)22(2)12-14-6-5-7-15(10-14)13-23-8-3-4-9-23;1-6-4-8(10-3)5-7(2)9(6)11/h5-7,10,20H,3-4,8-9,11-13H2,1-2H3,(H2,19,21,24);4-5,11H,1-3H3. The molecule has 3 N–H and O–H groups in total. The first-order chi connectivity index (χ1) is 17.1. The smallest absolute Gasteiger partial charge is 0.289 e. The molecule has 196 valence electrons. The van der Waals surface area contributed by atoms with E-state index in [0.717, 1.165) is 47.0 Å². The Balaban J connectivity index is 0.000000346. The number of aryl methyl sites for hydroxylation is 2. The first kappa shape index (κ1) is 29.4. The van der Waals surface area contributed by atoms with Crippen LogP contribution >= 0.6 is 12.6 Å². The van der Waals surface area contributed by atoms with Crippen LogP contribution < -0.4 is 15.8 Å². The fraction of sp³-hybridized carbons (Fsp3) is 0.444. The molecule has 1 saturated heterocycles. The molecule has 1 heterocycles. The molecule has 1 fully saturated rings. The molecule has 2 aromatic rings. The van der Waals surface area contributed by atoms with Crippen molar-refractivity contribution in [2.24, 2.45) is 10.7 Å². The summed E-state index contributed by atoms with van der Waals surface area (Å²) < 4.78 is 5.10. The molecule has 8 nitrogen and oxygen atoms in total. The van der Waals surface area contributed by atoms with E-state index in [1.165, 1.54) is 23.3 Å². The van der Waals surface area contributed by atoms with Crippen molar-refractivity contribution >= 4 is 30.3 Å². The van der Waals surface area contributed by atoms with Crippen LogP contribution in [0.3, 0.4) is 0 Å². The Kier molecular flexibility index (Phi) is 11.9. The van der Waals surface area contributed by atoms with Crippen LogP contribution in [-0.2, 0) is 22.7 Å². The van der Waals surface area contributed by atoms with E-state index in [1.807, 2.05) is 38.1 Å². The summed E-state index contributed by atoms with van der Waals surface area (Å²) in [7, 11) is 4.96. The number of amidine groups is 1. The topological polar surface area (TPSA) is 100 Å². The van der Waals surface area contributed by atoms with Gasteiger partial charge in [-0.3, -0.25) is 14.5 Å². The number of ether oxygens (including phenoxy) is 1. The van der Waals surface area contributed by atoms with Gasteiger partial charge < -0.3 is 20.7 Å². The molecular weight excluding hydrogens is 474 g/mol. The number of hydrogen-bond acceptors (Lipinski definition) is 6. The number of nitrogens with zero attached hydrogens (tertiary/aromatic N) is 3. The summed E-state index contributed by atoms with van der Waals surface area (Å²) >= 11 is 4.34. The summed E-state index contributed by atoms with van der Waals surface area (Å²) in [6.07, 6.45) is 2.53. The summed E-state index contributed by atoms with van der Waals surface area (Å²) in [5.74, 6) is -0.294. The van der Waals surface area contributed by atoms with Gasteiger partial charge in [0.15, 0.2) is 5.84 Å². The lowest BCUT2D eigenvalue weighted by Gasteiger charge is -2.18. The first-order valence-corrected chi connectivity index (χ1v) is 12.5. The van der Waals surface area contributed by atoms with E-state index in [4.69, 9.17) is 10.5 Å². The maximum atomic E-state index is 12.2. The van der Waals surface area contributed by atoms with E-state index in [9.17, 15) is 9.59 Å². The number of thiol groups is 1. The number of carbonyl (C=O) groups excluding carboxylic acids is 2. The molecule has 0 aromatic heterocycles. The van der Waals surface area contributed by atoms with Crippen molar-refractivity contribution in [2.45, 2.75) is 44.7 Å². The van der Waals surface area contributed by atoms with Gasteiger partial charge in [0, 0.05) is 25.0 Å². The minimum atomic E-state index is -0.464. The third-order valence-corrected chi connectivity index (χ3v) is 6.56. The number of aliphatic imine (C=N–C) groups is 1. The summed E-state index contributed by atoms with van der Waals surface area (Å²) in [6.45, 7) is 7.76. The van der Waals surface area contributed by atoms with Crippen LogP contribution in [0.1, 0.15) is 35.1 Å². The highest BCUT2D eigenvalue weighted by atomic mass is 32.1. The molecule has 2 aromatic carbocycles. The minimum absolute atomic E-state index is 0.0518. The summed E-state index contributed by atoms with van der Waals surface area (Å²) in [5.41, 5.74) is 10.2. The second kappa shape index (κ2) is 14.6. The Hall–Kier alpha value is -2.88. The van der Waals surface area contributed by atoms with Crippen molar-refractivity contribution < 1.29 is 14.3 Å². The number of methoxy groups -OCH3 is 1. The van der Waals surface area contributed by atoms with Crippen LogP contribution in [0, 0.1) is 13.8 Å². The number of rotatable bonds is 7. The SMILES string of the molecule is CNCC(=O)N=C(N)C(=O)N(C)Cc1cccc(CN2CCCC2)c1.COc1cc(C)c(S)c(C)c1. The van der Waals surface area contributed by atoms with Crippen molar-refractivity contribution in [1.29, 1.82) is 0 Å². The number of likely N-dealkylation sites (N-methyl/N-ethyl adjacent to an activating group) is 2. The Bertz CT molecular complexity index is 1040. The van der Waals surface area contributed by atoms with E-state index < -0.39 is 11.8 Å². The van der Waals surface area contributed by atoms with Crippen LogP contribution in [0.2, 0.25) is 0 Å². The molecule has 1 aliphatic heterocycles. The second-order valence-electron chi connectivity index (χ2n) is 9.00. The van der Waals surface area contributed by atoms with Crippen LogP contribution in [0.4, 0.5) is 0 Å². The third kappa shape index (κ3) is 9.29. The van der Waals surface area contributed by atoms with E-state index in [0.29, 0.717) is 6.54 Å². The lowest BCUT2D eigenvalue weighted by atomic mass is 10.1. The maximum absolute atomic E-state index is 12.2. The molecule has 0 spiro atoms. The number of hydrogen-bond donors (Lipinski definition) is 3. The van der Waals surface area contributed by atoms with E-state index in [1.54, 1.807) is 21.2 Å². The Morgan fingerprint density at radius 1 is 1.14 bits per heavy atom. The van der Waals surface area contributed by atoms with Crippen molar-refractivity contribution in [3.8, 4) is 5.75 Å². The van der Waals surface area contributed by atoms with E-state index >= 15 is 0 Å². The molecule has 3 rings (SSSR count). The largest absolute Gasteiger partial charge is 0.497 e. The van der Waals surface area contributed by atoms with Crippen molar-refractivity contribution in [1.82, 2.24) is 15.1 Å². The quantitative estimate of drug-likeness (QED) is 0.299. The van der Waals surface area contributed by atoms with Crippen LogP contribution in [0.5, 0.6) is 5.75 Å². The van der Waals surface area contributed by atoms with Crippen LogP contribution in [0.15, 0.2) is 46.3 Å². The fourth-order valence-electron chi connectivity index (χ4n) is 3.97. The third-order valence-electron chi connectivity index (χ3n) is 5.86.